The number of benzene rings is 2. The van der Waals surface area contributed by atoms with Crippen LogP contribution in [0.4, 0.5) is 0 Å². The van der Waals surface area contributed by atoms with Crippen LogP contribution in [0.2, 0.25) is 0 Å². The highest BCUT2D eigenvalue weighted by Crippen LogP contribution is 2.19. The minimum Gasteiger partial charge on any atom is -0.468 e. The van der Waals surface area contributed by atoms with Crippen molar-refractivity contribution in [3.05, 3.63) is 66.0 Å². The van der Waals surface area contributed by atoms with Crippen LogP contribution in [0.25, 0.3) is 11.0 Å². The van der Waals surface area contributed by atoms with Crippen molar-refractivity contribution >= 4 is 17.0 Å². The summed E-state index contributed by atoms with van der Waals surface area (Å²) in [5.74, 6) is 0.358. The summed E-state index contributed by atoms with van der Waals surface area (Å²) in [7, 11) is 1.34. The van der Waals surface area contributed by atoms with Gasteiger partial charge in [0.2, 0.25) is 0 Å². The minimum absolute atomic E-state index is 0.341. The van der Waals surface area contributed by atoms with Crippen molar-refractivity contribution in [2.75, 3.05) is 7.11 Å². The summed E-state index contributed by atoms with van der Waals surface area (Å²) in [6, 6.07) is 17.3. The molecule has 0 saturated carbocycles. The van der Waals surface area contributed by atoms with Crippen LogP contribution in [0.15, 0.2) is 54.6 Å². The molecule has 0 aliphatic heterocycles. The molecule has 0 spiro atoms. The molecule has 5 heteroatoms. The van der Waals surface area contributed by atoms with Crippen LogP contribution in [0.3, 0.4) is 0 Å². The van der Waals surface area contributed by atoms with Gasteiger partial charge >= 0.3 is 5.97 Å². The number of carbonyl (C=O) groups is 1. The van der Waals surface area contributed by atoms with Crippen LogP contribution in [0.5, 0.6) is 0 Å². The Bertz CT molecular complexity index is 812. The van der Waals surface area contributed by atoms with E-state index in [1.54, 1.807) is 0 Å². The number of rotatable bonds is 5. The van der Waals surface area contributed by atoms with Gasteiger partial charge < -0.3 is 15.0 Å². The molecule has 3 rings (SSSR count). The largest absolute Gasteiger partial charge is 0.468 e. The molecule has 1 unspecified atom stereocenters. The molecule has 1 atom stereocenters. The fraction of sp³-hybridized carbons (Fsp3) is 0.222. The Balaban J connectivity index is 1.99. The molecule has 0 aliphatic rings. The number of hydrogen-bond donors (Lipinski definition) is 1. The van der Waals surface area contributed by atoms with Crippen LogP contribution >= 0.6 is 0 Å². The molecule has 0 fully saturated rings. The second kappa shape index (κ2) is 6.62. The van der Waals surface area contributed by atoms with E-state index in [9.17, 15) is 4.79 Å². The molecule has 1 aromatic heterocycles. The molecular weight excluding hydrogens is 290 g/mol. The first-order valence-corrected chi connectivity index (χ1v) is 7.50. The van der Waals surface area contributed by atoms with Crippen LogP contribution in [-0.4, -0.2) is 28.7 Å². The van der Waals surface area contributed by atoms with E-state index in [2.05, 4.69) is 21.7 Å². The number of aromatic nitrogens is 2. The standard InChI is InChI=1S/C18H19N3O2/c1-23-18(22)14(19)11-17-20-15-9-5-6-10-16(15)21(17)12-13-7-3-2-4-8-13/h2-10,14H,11-12,19H2,1H3. The average Bonchev–Trinajstić information content (AvgIpc) is 2.92. The third-order valence-corrected chi connectivity index (χ3v) is 3.82. The molecule has 0 aliphatic carbocycles. The molecule has 2 N–H and O–H groups in total. The first-order chi connectivity index (χ1) is 11.2. The Morgan fingerprint density at radius 3 is 2.61 bits per heavy atom. The lowest BCUT2D eigenvalue weighted by molar-refractivity contribution is -0.142. The quantitative estimate of drug-likeness (QED) is 0.733. The topological polar surface area (TPSA) is 70.1 Å². The van der Waals surface area contributed by atoms with Crippen molar-refractivity contribution in [1.82, 2.24) is 9.55 Å². The predicted molar refractivity (Wildman–Crippen MR) is 89.0 cm³/mol. The van der Waals surface area contributed by atoms with E-state index in [0.29, 0.717) is 13.0 Å². The van der Waals surface area contributed by atoms with Gasteiger partial charge in [0.15, 0.2) is 0 Å². The highest BCUT2D eigenvalue weighted by Gasteiger charge is 2.19. The molecule has 3 aromatic rings. The number of esters is 1. The van der Waals surface area contributed by atoms with Crippen LogP contribution < -0.4 is 5.73 Å². The fourth-order valence-corrected chi connectivity index (χ4v) is 2.66. The normalized spacial score (nSPS) is 12.3. The zero-order chi connectivity index (χ0) is 16.2. The van der Waals surface area contributed by atoms with Gasteiger partial charge in [-0.1, -0.05) is 42.5 Å². The van der Waals surface area contributed by atoms with E-state index in [0.717, 1.165) is 16.9 Å². The van der Waals surface area contributed by atoms with Gasteiger partial charge in [-0.05, 0) is 17.7 Å². The highest BCUT2D eigenvalue weighted by atomic mass is 16.5. The molecule has 0 radical (unpaired) electrons. The number of para-hydroxylation sites is 2. The number of fused-ring (bicyclic) bond motifs is 1. The van der Waals surface area contributed by atoms with Gasteiger partial charge in [0.25, 0.3) is 0 Å². The summed E-state index contributed by atoms with van der Waals surface area (Å²) in [5.41, 5.74) is 9.02. The molecule has 1 heterocycles. The monoisotopic (exact) mass is 309 g/mol. The Morgan fingerprint density at radius 2 is 1.87 bits per heavy atom. The van der Waals surface area contributed by atoms with E-state index >= 15 is 0 Å². The van der Waals surface area contributed by atoms with Crippen LogP contribution in [0.1, 0.15) is 11.4 Å². The number of ether oxygens (including phenoxy) is 1. The van der Waals surface area contributed by atoms with Crippen LogP contribution in [-0.2, 0) is 22.5 Å². The number of imidazole rings is 1. The fourth-order valence-electron chi connectivity index (χ4n) is 2.66. The van der Waals surface area contributed by atoms with Gasteiger partial charge in [-0.25, -0.2) is 4.98 Å². The first kappa shape index (κ1) is 15.2. The SMILES string of the molecule is COC(=O)C(N)Cc1nc2ccccc2n1Cc1ccccc1. The third-order valence-electron chi connectivity index (χ3n) is 3.82. The lowest BCUT2D eigenvalue weighted by Gasteiger charge is -2.12. The number of hydrogen-bond acceptors (Lipinski definition) is 4. The zero-order valence-electron chi connectivity index (χ0n) is 13.0. The molecule has 2 aromatic carbocycles. The van der Waals surface area contributed by atoms with E-state index < -0.39 is 12.0 Å². The third kappa shape index (κ3) is 3.24. The second-order valence-corrected chi connectivity index (χ2v) is 5.42. The van der Waals surface area contributed by atoms with Gasteiger partial charge in [-0.2, -0.15) is 0 Å². The Morgan fingerprint density at radius 1 is 1.17 bits per heavy atom. The maximum atomic E-state index is 11.6. The Hall–Kier alpha value is -2.66. The summed E-state index contributed by atoms with van der Waals surface area (Å²) in [5, 5.41) is 0. The number of carbonyl (C=O) groups excluding carboxylic acids is 1. The average molecular weight is 309 g/mol. The lowest BCUT2D eigenvalue weighted by atomic mass is 10.2. The second-order valence-electron chi connectivity index (χ2n) is 5.42. The van der Waals surface area contributed by atoms with E-state index in [1.807, 2.05) is 42.5 Å². The molecular formula is C18H19N3O2. The van der Waals surface area contributed by atoms with Crippen LogP contribution in [0, 0.1) is 0 Å². The maximum Gasteiger partial charge on any atom is 0.323 e. The molecule has 118 valence electrons. The maximum absolute atomic E-state index is 11.6. The van der Waals surface area contributed by atoms with E-state index in [1.165, 1.54) is 12.7 Å². The van der Waals surface area contributed by atoms with Gasteiger partial charge in [0, 0.05) is 13.0 Å². The smallest absolute Gasteiger partial charge is 0.323 e. The minimum atomic E-state index is -0.716. The summed E-state index contributed by atoms with van der Waals surface area (Å²) in [6.45, 7) is 0.685. The van der Waals surface area contributed by atoms with Gasteiger partial charge in [0.05, 0.1) is 18.1 Å². The van der Waals surface area contributed by atoms with Gasteiger partial charge in [-0.15, -0.1) is 0 Å². The van der Waals surface area contributed by atoms with Crippen molar-refractivity contribution in [3.63, 3.8) is 0 Å². The number of nitrogens with two attached hydrogens (primary N) is 1. The summed E-state index contributed by atoms with van der Waals surface area (Å²) < 4.78 is 6.82. The first-order valence-electron chi connectivity index (χ1n) is 7.50. The summed E-state index contributed by atoms with van der Waals surface area (Å²) >= 11 is 0. The Labute approximate surface area is 134 Å². The Kier molecular flexibility index (Phi) is 4.39. The van der Waals surface area contributed by atoms with Crippen molar-refractivity contribution in [2.45, 2.75) is 19.0 Å². The molecule has 0 amide bonds. The zero-order valence-corrected chi connectivity index (χ0v) is 13.0. The van der Waals surface area contributed by atoms with Crippen molar-refractivity contribution in [3.8, 4) is 0 Å². The number of nitrogens with zero attached hydrogens (tertiary/aromatic N) is 2. The molecule has 0 saturated heterocycles. The van der Waals surface area contributed by atoms with E-state index in [4.69, 9.17) is 10.5 Å². The summed E-state index contributed by atoms with van der Waals surface area (Å²) in [4.78, 5) is 16.3. The molecule has 23 heavy (non-hydrogen) atoms. The van der Waals surface area contributed by atoms with Crippen molar-refractivity contribution in [2.24, 2.45) is 5.73 Å². The lowest BCUT2D eigenvalue weighted by Crippen LogP contribution is -2.34. The van der Waals surface area contributed by atoms with Crippen molar-refractivity contribution < 1.29 is 9.53 Å². The van der Waals surface area contributed by atoms with Gasteiger partial charge in [0.1, 0.15) is 11.9 Å². The van der Waals surface area contributed by atoms with Crippen molar-refractivity contribution in [1.29, 1.82) is 0 Å². The number of methoxy groups -OCH3 is 1. The predicted octanol–water partition coefficient (Wildman–Crippen LogP) is 2.13. The molecule has 0 bridgehead atoms. The van der Waals surface area contributed by atoms with E-state index in [-0.39, 0.29) is 0 Å². The molecule has 5 nitrogen and oxygen atoms in total. The van der Waals surface area contributed by atoms with Gasteiger partial charge in [-0.3, -0.25) is 4.79 Å². The summed E-state index contributed by atoms with van der Waals surface area (Å²) in [6.07, 6.45) is 0.341. The highest BCUT2D eigenvalue weighted by molar-refractivity contribution is 5.78.